The molecule has 0 saturated carbocycles. The van der Waals surface area contributed by atoms with Gasteiger partial charge in [0.05, 0.1) is 19.8 Å². The Morgan fingerprint density at radius 1 is 1.32 bits per heavy atom. The molecule has 19 heavy (non-hydrogen) atoms. The predicted octanol–water partition coefficient (Wildman–Crippen LogP) is 0.396. The van der Waals surface area contributed by atoms with E-state index >= 15 is 0 Å². The SMILES string of the molecule is O=C(C1COCCN1)N1CCOc2ccccc2C1. The number of benzene rings is 1. The summed E-state index contributed by atoms with van der Waals surface area (Å²) in [5.74, 6) is 0.977. The molecule has 0 radical (unpaired) electrons. The Morgan fingerprint density at radius 3 is 3.05 bits per heavy atom. The van der Waals surface area contributed by atoms with Crippen LogP contribution in [0.4, 0.5) is 0 Å². The van der Waals surface area contributed by atoms with Crippen LogP contribution in [0, 0.1) is 0 Å². The molecule has 1 aromatic rings. The summed E-state index contributed by atoms with van der Waals surface area (Å²) in [5.41, 5.74) is 1.06. The summed E-state index contributed by atoms with van der Waals surface area (Å²) in [7, 11) is 0. The number of para-hydroxylation sites is 1. The van der Waals surface area contributed by atoms with Crippen LogP contribution in [-0.2, 0) is 16.1 Å². The van der Waals surface area contributed by atoms with Gasteiger partial charge in [-0.1, -0.05) is 18.2 Å². The lowest BCUT2D eigenvalue weighted by Crippen LogP contribution is -2.52. The van der Waals surface area contributed by atoms with Crippen molar-refractivity contribution in [3.63, 3.8) is 0 Å². The molecule has 0 aliphatic carbocycles. The standard InChI is InChI=1S/C14H18N2O3/c17-14(12-10-18-7-5-15-12)16-6-8-19-13-4-2-1-3-11(13)9-16/h1-4,12,15H,5-10H2. The third-order valence-electron chi connectivity index (χ3n) is 3.48. The molecular weight excluding hydrogens is 244 g/mol. The van der Waals surface area contributed by atoms with Gasteiger partial charge in [-0.3, -0.25) is 4.79 Å². The maximum absolute atomic E-state index is 12.4. The molecule has 1 fully saturated rings. The molecule has 1 unspecified atom stereocenters. The van der Waals surface area contributed by atoms with E-state index in [1.807, 2.05) is 29.2 Å². The minimum atomic E-state index is -0.223. The molecule has 2 aliphatic heterocycles. The normalized spacial score (nSPS) is 23.2. The molecule has 2 heterocycles. The summed E-state index contributed by atoms with van der Waals surface area (Å²) in [6.45, 7) is 3.63. The average molecular weight is 262 g/mol. The van der Waals surface area contributed by atoms with Gasteiger partial charge in [0.15, 0.2) is 0 Å². The second-order valence-corrected chi connectivity index (χ2v) is 4.80. The third kappa shape index (κ3) is 2.72. The van der Waals surface area contributed by atoms with E-state index in [1.165, 1.54) is 0 Å². The van der Waals surface area contributed by atoms with E-state index in [9.17, 15) is 4.79 Å². The van der Waals surface area contributed by atoms with Crippen molar-refractivity contribution in [2.45, 2.75) is 12.6 Å². The Labute approximate surface area is 112 Å². The molecular formula is C14H18N2O3. The van der Waals surface area contributed by atoms with Crippen LogP contribution in [0.15, 0.2) is 24.3 Å². The Morgan fingerprint density at radius 2 is 2.21 bits per heavy atom. The molecule has 1 N–H and O–H groups in total. The predicted molar refractivity (Wildman–Crippen MR) is 70.0 cm³/mol. The van der Waals surface area contributed by atoms with Crippen molar-refractivity contribution in [1.82, 2.24) is 10.2 Å². The maximum atomic E-state index is 12.4. The summed E-state index contributed by atoms with van der Waals surface area (Å²) in [4.78, 5) is 14.3. The molecule has 0 spiro atoms. The lowest BCUT2D eigenvalue weighted by molar-refractivity contribution is -0.137. The molecule has 2 aliphatic rings. The number of hydrogen-bond acceptors (Lipinski definition) is 4. The fraction of sp³-hybridized carbons (Fsp3) is 0.500. The zero-order valence-electron chi connectivity index (χ0n) is 10.8. The number of carbonyl (C=O) groups excluding carboxylic acids is 1. The van der Waals surface area contributed by atoms with Gasteiger partial charge in [-0.25, -0.2) is 0 Å². The van der Waals surface area contributed by atoms with Crippen LogP contribution in [-0.4, -0.2) is 49.8 Å². The number of fused-ring (bicyclic) bond motifs is 1. The van der Waals surface area contributed by atoms with Crippen molar-refractivity contribution in [3.05, 3.63) is 29.8 Å². The van der Waals surface area contributed by atoms with Crippen LogP contribution in [0.25, 0.3) is 0 Å². The van der Waals surface area contributed by atoms with Crippen molar-refractivity contribution >= 4 is 5.91 Å². The largest absolute Gasteiger partial charge is 0.491 e. The van der Waals surface area contributed by atoms with Crippen molar-refractivity contribution in [1.29, 1.82) is 0 Å². The van der Waals surface area contributed by atoms with Gasteiger partial charge in [-0.15, -0.1) is 0 Å². The van der Waals surface area contributed by atoms with Gasteiger partial charge >= 0.3 is 0 Å². The summed E-state index contributed by atoms with van der Waals surface area (Å²) < 4.78 is 11.0. The number of carbonyl (C=O) groups is 1. The van der Waals surface area contributed by atoms with Crippen LogP contribution < -0.4 is 10.1 Å². The highest BCUT2D eigenvalue weighted by Crippen LogP contribution is 2.22. The van der Waals surface area contributed by atoms with E-state index in [0.29, 0.717) is 32.9 Å². The highest BCUT2D eigenvalue weighted by atomic mass is 16.5. The van der Waals surface area contributed by atoms with Gasteiger partial charge in [-0.05, 0) is 6.07 Å². The number of nitrogens with one attached hydrogen (secondary N) is 1. The lowest BCUT2D eigenvalue weighted by Gasteiger charge is -2.28. The molecule has 1 amide bonds. The highest BCUT2D eigenvalue weighted by molar-refractivity contribution is 5.82. The van der Waals surface area contributed by atoms with E-state index in [1.54, 1.807) is 0 Å². The van der Waals surface area contributed by atoms with Crippen molar-refractivity contribution in [2.24, 2.45) is 0 Å². The van der Waals surface area contributed by atoms with Crippen molar-refractivity contribution in [2.75, 3.05) is 32.9 Å². The van der Waals surface area contributed by atoms with E-state index in [2.05, 4.69) is 5.32 Å². The second-order valence-electron chi connectivity index (χ2n) is 4.80. The fourth-order valence-corrected chi connectivity index (χ4v) is 2.46. The van der Waals surface area contributed by atoms with Gasteiger partial charge in [0.2, 0.25) is 5.91 Å². The topological polar surface area (TPSA) is 50.8 Å². The molecule has 1 saturated heterocycles. The minimum absolute atomic E-state index is 0.0972. The van der Waals surface area contributed by atoms with Crippen LogP contribution >= 0.6 is 0 Å². The van der Waals surface area contributed by atoms with Gasteiger partial charge in [-0.2, -0.15) is 0 Å². The summed E-state index contributed by atoms with van der Waals surface area (Å²) in [6, 6.07) is 7.65. The number of nitrogens with zero attached hydrogens (tertiary/aromatic N) is 1. The van der Waals surface area contributed by atoms with E-state index < -0.39 is 0 Å². The third-order valence-corrected chi connectivity index (χ3v) is 3.48. The van der Waals surface area contributed by atoms with Gasteiger partial charge < -0.3 is 19.7 Å². The van der Waals surface area contributed by atoms with Gasteiger partial charge in [0.1, 0.15) is 18.4 Å². The zero-order chi connectivity index (χ0) is 13.1. The molecule has 0 bridgehead atoms. The summed E-state index contributed by atoms with van der Waals surface area (Å²) in [5, 5.41) is 3.20. The number of morpholine rings is 1. The Balaban J connectivity index is 1.73. The van der Waals surface area contributed by atoms with Gasteiger partial charge in [0.25, 0.3) is 0 Å². The lowest BCUT2D eigenvalue weighted by atomic mass is 10.1. The number of amides is 1. The maximum Gasteiger partial charge on any atom is 0.242 e. The molecule has 5 nitrogen and oxygen atoms in total. The number of ether oxygens (including phenoxy) is 2. The number of rotatable bonds is 1. The molecule has 5 heteroatoms. The molecule has 0 aromatic heterocycles. The molecule has 3 rings (SSSR count). The summed E-state index contributed by atoms with van der Waals surface area (Å²) >= 11 is 0. The van der Waals surface area contributed by atoms with E-state index in [4.69, 9.17) is 9.47 Å². The average Bonchev–Trinajstić information content (AvgIpc) is 2.69. The first-order valence-corrected chi connectivity index (χ1v) is 6.65. The van der Waals surface area contributed by atoms with Gasteiger partial charge in [0, 0.05) is 18.7 Å². The second kappa shape index (κ2) is 5.59. The Kier molecular flexibility index (Phi) is 3.66. The fourth-order valence-electron chi connectivity index (χ4n) is 2.46. The zero-order valence-corrected chi connectivity index (χ0v) is 10.8. The number of hydrogen-bond donors (Lipinski definition) is 1. The smallest absolute Gasteiger partial charge is 0.242 e. The van der Waals surface area contributed by atoms with Crippen LogP contribution in [0.3, 0.4) is 0 Å². The van der Waals surface area contributed by atoms with Crippen LogP contribution in [0.1, 0.15) is 5.56 Å². The quantitative estimate of drug-likeness (QED) is 0.796. The summed E-state index contributed by atoms with van der Waals surface area (Å²) in [6.07, 6.45) is 0. The minimum Gasteiger partial charge on any atom is -0.491 e. The van der Waals surface area contributed by atoms with E-state index in [-0.39, 0.29) is 11.9 Å². The highest BCUT2D eigenvalue weighted by Gasteiger charge is 2.28. The Hall–Kier alpha value is -1.59. The first kappa shape index (κ1) is 12.4. The first-order chi connectivity index (χ1) is 9.34. The first-order valence-electron chi connectivity index (χ1n) is 6.65. The van der Waals surface area contributed by atoms with E-state index in [0.717, 1.165) is 17.9 Å². The molecule has 1 atom stereocenters. The monoisotopic (exact) mass is 262 g/mol. The Bertz CT molecular complexity index is 458. The molecule has 102 valence electrons. The van der Waals surface area contributed by atoms with Crippen molar-refractivity contribution in [3.8, 4) is 5.75 Å². The molecule has 1 aromatic carbocycles. The van der Waals surface area contributed by atoms with Crippen LogP contribution in [0.2, 0.25) is 0 Å². The van der Waals surface area contributed by atoms with Crippen LogP contribution in [0.5, 0.6) is 5.75 Å². The van der Waals surface area contributed by atoms with Crippen molar-refractivity contribution < 1.29 is 14.3 Å².